The third-order valence-corrected chi connectivity index (χ3v) is 6.75. The zero-order chi connectivity index (χ0) is 21.7. The Labute approximate surface area is 179 Å². The lowest BCUT2D eigenvalue weighted by molar-refractivity contribution is 0.0525. The van der Waals surface area contributed by atoms with E-state index in [9.17, 15) is 4.79 Å². The van der Waals surface area contributed by atoms with Crippen LogP contribution in [-0.2, 0) is 15.6 Å². The number of nitrogens with zero attached hydrogens (tertiary/aromatic N) is 3. The Bertz CT molecular complexity index is 959. The van der Waals surface area contributed by atoms with Crippen molar-refractivity contribution in [2.75, 3.05) is 11.5 Å². The van der Waals surface area contributed by atoms with Gasteiger partial charge in [0.25, 0.3) is 0 Å². The van der Waals surface area contributed by atoms with Crippen molar-refractivity contribution < 1.29 is 9.53 Å². The Balaban J connectivity index is 1.77. The zero-order valence-electron chi connectivity index (χ0n) is 19.1. The van der Waals surface area contributed by atoms with Crippen LogP contribution in [0.1, 0.15) is 87.4 Å². The molecule has 5 nitrogen and oxygen atoms in total. The molecule has 1 aromatic carbocycles. The van der Waals surface area contributed by atoms with E-state index in [2.05, 4.69) is 61.6 Å². The zero-order valence-corrected chi connectivity index (χ0v) is 19.1. The number of ether oxygens (including phenoxy) is 1. The minimum absolute atomic E-state index is 0.148. The van der Waals surface area contributed by atoms with Crippen LogP contribution in [0.25, 0.3) is 0 Å². The summed E-state index contributed by atoms with van der Waals surface area (Å²) in [5.41, 5.74) is 6.19. The van der Waals surface area contributed by atoms with E-state index in [1.807, 2.05) is 0 Å². The van der Waals surface area contributed by atoms with Crippen LogP contribution < -0.4 is 4.90 Å². The van der Waals surface area contributed by atoms with Gasteiger partial charge >= 0.3 is 5.97 Å². The van der Waals surface area contributed by atoms with Crippen molar-refractivity contribution in [1.82, 2.24) is 9.97 Å². The lowest BCUT2D eigenvalue weighted by Crippen LogP contribution is -2.35. The summed E-state index contributed by atoms with van der Waals surface area (Å²) in [6.45, 7) is 13.8. The van der Waals surface area contributed by atoms with E-state index in [0.717, 1.165) is 12.8 Å². The molecule has 5 heteroatoms. The first-order valence-electron chi connectivity index (χ1n) is 11.1. The topological polar surface area (TPSA) is 55.3 Å². The Hall–Kier alpha value is -2.43. The highest BCUT2D eigenvalue weighted by atomic mass is 16.5. The summed E-state index contributed by atoms with van der Waals surface area (Å²) in [5.74, 6) is 0.275. The highest BCUT2D eigenvalue weighted by Gasteiger charge is 2.40. The molecule has 160 valence electrons. The van der Waals surface area contributed by atoms with Gasteiger partial charge in [-0.25, -0.2) is 14.8 Å². The molecular weight excluding hydrogens is 374 g/mol. The van der Waals surface area contributed by atoms with Gasteiger partial charge in [-0.05, 0) is 73.1 Å². The number of carbonyl (C=O) groups is 1. The van der Waals surface area contributed by atoms with Gasteiger partial charge in [0.1, 0.15) is 0 Å². The SMILES string of the molecule is CCOC(=O)c1cnc(N(c2ccc3c(c2C)C(C)(C)CCC3(C)C)C2CC2)nc1. The number of rotatable bonds is 5. The minimum Gasteiger partial charge on any atom is -0.462 e. The van der Waals surface area contributed by atoms with E-state index in [4.69, 9.17) is 4.74 Å². The second-order valence-electron chi connectivity index (χ2n) is 9.99. The highest BCUT2D eigenvalue weighted by Crippen LogP contribution is 2.50. The number of fused-ring (bicyclic) bond motifs is 1. The standard InChI is InChI=1S/C25H33N3O2/c1-7-30-22(29)17-14-26-23(27-15-17)28(18-8-9-18)20-11-10-19-21(16(20)2)25(5,6)13-12-24(19,3)4/h10-11,14-15,18H,7-9,12-13H2,1-6H3. The largest absolute Gasteiger partial charge is 0.462 e. The molecule has 4 rings (SSSR count). The predicted molar refractivity (Wildman–Crippen MR) is 120 cm³/mol. The summed E-state index contributed by atoms with van der Waals surface area (Å²) in [6.07, 6.45) is 7.82. The Morgan fingerprint density at radius 2 is 1.73 bits per heavy atom. The third kappa shape index (κ3) is 3.59. The van der Waals surface area contributed by atoms with Gasteiger partial charge < -0.3 is 9.64 Å². The molecule has 0 N–H and O–H groups in total. The second kappa shape index (κ2) is 7.36. The van der Waals surface area contributed by atoms with Crippen molar-refractivity contribution in [3.63, 3.8) is 0 Å². The summed E-state index contributed by atoms with van der Waals surface area (Å²) in [4.78, 5) is 23.3. The first-order valence-corrected chi connectivity index (χ1v) is 11.1. The van der Waals surface area contributed by atoms with Gasteiger partial charge in [-0.3, -0.25) is 0 Å². The molecule has 2 aliphatic rings. The van der Waals surface area contributed by atoms with E-state index < -0.39 is 0 Å². The lowest BCUT2D eigenvalue weighted by Gasteiger charge is -2.44. The molecule has 1 aromatic heterocycles. The number of carbonyl (C=O) groups excluding carboxylic acids is 1. The second-order valence-corrected chi connectivity index (χ2v) is 9.99. The molecule has 1 fully saturated rings. The highest BCUT2D eigenvalue weighted by molar-refractivity contribution is 5.88. The van der Waals surface area contributed by atoms with Gasteiger partial charge in [-0.15, -0.1) is 0 Å². The van der Waals surface area contributed by atoms with Crippen molar-refractivity contribution in [1.29, 1.82) is 0 Å². The Morgan fingerprint density at radius 3 is 2.33 bits per heavy atom. The Kier molecular flexibility index (Phi) is 5.11. The van der Waals surface area contributed by atoms with Crippen LogP contribution in [0, 0.1) is 6.92 Å². The number of hydrogen-bond donors (Lipinski definition) is 0. The van der Waals surface area contributed by atoms with Crippen LogP contribution >= 0.6 is 0 Å². The molecule has 0 amide bonds. The van der Waals surface area contributed by atoms with Gasteiger partial charge in [-0.2, -0.15) is 0 Å². The summed E-state index contributed by atoms with van der Waals surface area (Å²) < 4.78 is 5.06. The molecule has 0 saturated heterocycles. The van der Waals surface area contributed by atoms with E-state index in [0.29, 0.717) is 24.2 Å². The first kappa shape index (κ1) is 20.8. The van der Waals surface area contributed by atoms with Crippen molar-refractivity contribution in [3.8, 4) is 0 Å². The minimum atomic E-state index is -0.379. The molecule has 30 heavy (non-hydrogen) atoms. The normalized spacial score (nSPS) is 19.1. The van der Waals surface area contributed by atoms with Crippen LogP contribution in [0.3, 0.4) is 0 Å². The van der Waals surface area contributed by atoms with Gasteiger partial charge in [0, 0.05) is 24.1 Å². The molecular formula is C25H33N3O2. The lowest BCUT2D eigenvalue weighted by atomic mass is 9.62. The Morgan fingerprint density at radius 1 is 1.10 bits per heavy atom. The average Bonchev–Trinajstić information content (AvgIpc) is 3.52. The van der Waals surface area contributed by atoms with Gasteiger partial charge in [0.05, 0.1) is 12.2 Å². The molecule has 1 saturated carbocycles. The van der Waals surface area contributed by atoms with Crippen LogP contribution in [0.15, 0.2) is 24.5 Å². The molecule has 2 aliphatic carbocycles. The quantitative estimate of drug-likeness (QED) is 0.603. The van der Waals surface area contributed by atoms with Crippen molar-refractivity contribution >= 4 is 17.6 Å². The number of aromatic nitrogens is 2. The molecule has 0 aliphatic heterocycles. The molecule has 0 unspecified atom stereocenters. The summed E-state index contributed by atoms with van der Waals surface area (Å²) in [5, 5.41) is 0. The average molecular weight is 408 g/mol. The maximum Gasteiger partial charge on any atom is 0.341 e. The summed E-state index contributed by atoms with van der Waals surface area (Å²) >= 11 is 0. The van der Waals surface area contributed by atoms with E-state index in [-0.39, 0.29) is 16.8 Å². The van der Waals surface area contributed by atoms with Crippen LogP contribution in [0.4, 0.5) is 11.6 Å². The fourth-order valence-corrected chi connectivity index (χ4v) is 4.85. The molecule has 0 spiro atoms. The predicted octanol–water partition coefficient (Wildman–Crippen LogP) is 5.61. The molecule has 2 aromatic rings. The molecule has 0 atom stereocenters. The smallest absolute Gasteiger partial charge is 0.341 e. The maximum atomic E-state index is 12.0. The van der Waals surface area contributed by atoms with Gasteiger partial charge in [-0.1, -0.05) is 33.8 Å². The van der Waals surface area contributed by atoms with Crippen molar-refractivity contribution in [2.24, 2.45) is 0 Å². The number of hydrogen-bond acceptors (Lipinski definition) is 5. The summed E-state index contributed by atoms with van der Waals surface area (Å²) in [6, 6.07) is 4.98. The summed E-state index contributed by atoms with van der Waals surface area (Å²) in [7, 11) is 0. The van der Waals surface area contributed by atoms with E-state index in [1.165, 1.54) is 35.2 Å². The van der Waals surface area contributed by atoms with E-state index >= 15 is 0 Å². The monoisotopic (exact) mass is 407 g/mol. The van der Waals surface area contributed by atoms with Gasteiger partial charge in [0.15, 0.2) is 0 Å². The van der Waals surface area contributed by atoms with E-state index in [1.54, 1.807) is 19.3 Å². The fraction of sp³-hybridized carbons (Fsp3) is 0.560. The maximum absolute atomic E-state index is 12.0. The molecule has 1 heterocycles. The van der Waals surface area contributed by atoms with Crippen LogP contribution in [-0.4, -0.2) is 28.6 Å². The number of benzene rings is 1. The number of anilines is 2. The van der Waals surface area contributed by atoms with Crippen LogP contribution in [0.5, 0.6) is 0 Å². The fourth-order valence-electron chi connectivity index (χ4n) is 4.85. The number of esters is 1. The molecule has 0 radical (unpaired) electrons. The van der Waals surface area contributed by atoms with Crippen LogP contribution in [0.2, 0.25) is 0 Å². The van der Waals surface area contributed by atoms with Crippen molar-refractivity contribution in [2.45, 2.75) is 84.1 Å². The van der Waals surface area contributed by atoms with Gasteiger partial charge in [0.2, 0.25) is 5.95 Å². The van der Waals surface area contributed by atoms with Crippen molar-refractivity contribution in [3.05, 3.63) is 46.8 Å². The molecule has 0 bridgehead atoms. The third-order valence-electron chi connectivity index (χ3n) is 6.75. The first-order chi connectivity index (χ1) is 14.2.